The van der Waals surface area contributed by atoms with Gasteiger partial charge in [0.2, 0.25) is 0 Å². The van der Waals surface area contributed by atoms with Crippen LogP contribution in [0.25, 0.3) is 0 Å². The number of carbonyl (C=O) groups is 3. The number of carboxylic acid groups (broad SMARTS) is 3. The largest absolute Gasteiger partial charge is 2.00 e. The molecule has 0 aliphatic carbocycles. The van der Waals surface area contributed by atoms with E-state index in [1.165, 1.54) is 0 Å². The van der Waals surface area contributed by atoms with E-state index in [-0.39, 0.29) is 16.8 Å². The minimum atomic E-state index is -1.68. The van der Waals surface area contributed by atoms with Gasteiger partial charge >= 0.3 is 22.7 Å². The molecule has 0 spiro atoms. The van der Waals surface area contributed by atoms with Gasteiger partial charge in [0.15, 0.2) is 0 Å². The molecule has 1 atom stereocenters. The molecule has 1 radical (unpaired) electrons. The summed E-state index contributed by atoms with van der Waals surface area (Å²) in [6, 6.07) is -1.54. The molecule has 0 saturated carbocycles. The van der Waals surface area contributed by atoms with Crippen LogP contribution in [0.4, 0.5) is 0 Å². The number of carbonyl (C=O) groups excluding carboxylic acids is 2. The van der Waals surface area contributed by atoms with E-state index in [9.17, 15) is 24.6 Å². The van der Waals surface area contributed by atoms with Gasteiger partial charge in [-0.1, -0.05) is 0 Å². The van der Waals surface area contributed by atoms with Gasteiger partial charge in [-0.15, -0.1) is 0 Å². The number of nitrogens with one attached hydrogen (secondary N) is 1. The summed E-state index contributed by atoms with van der Waals surface area (Å²) >= 11 is 0. The molecule has 0 aliphatic rings. The van der Waals surface area contributed by atoms with Crippen molar-refractivity contribution in [3.63, 3.8) is 0 Å². The zero-order valence-corrected chi connectivity index (χ0v) is 7.85. The summed E-state index contributed by atoms with van der Waals surface area (Å²) in [5.41, 5.74) is 0. The molecule has 2 N–H and O–H groups in total. The van der Waals surface area contributed by atoms with Crippen molar-refractivity contribution in [1.29, 1.82) is 0 Å². The van der Waals surface area contributed by atoms with Crippen molar-refractivity contribution in [2.45, 2.75) is 12.5 Å². The third-order valence-corrected chi connectivity index (χ3v) is 1.15. The molecule has 81 valence electrons. The summed E-state index contributed by atoms with van der Waals surface area (Å²) < 4.78 is 0. The van der Waals surface area contributed by atoms with Crippen LogP contribution in [-0.4, -0.2) is 35.6 Å². The Labute approximate surface area is 89.3 Å². The second kappa shape index (κ2) is 7.30. The fourth-order valence-electron chi connectivity index (χ4n) is 0.616. The van der Waals surface area contributed by atoms with Gasteiger partial charge in [-0.25, -0.2) is 0 Å². The second-order valence-corrected chi connectivity index (χ2v) is 2.22. The molecular formula is C6H7CoNO6. The van der Waals surface area contributed by atoms with Gasteiger partial charge in [0.25, 0.3) is 0 Å². The minimum Gasteiger partial charge on any atom is -0.550 e. The summed E-state index contributed by atoms with van der Waals surface area (Å²) in [5, 5.41) is 30.3. The fourth-order valence-corrected chi connectivity index (χ4v) is 0.616. The van der Waals surface area contributed by atoms with E-state index in [1.807, 2.05) is 5.32 Å². The van der Waals surface area contributed by atoms with Gasteiger partial charge in [0.1, 0.15) is 0 Å². The van der Waals surface area contributed by atoms with E-state index in [0.717, 1.165) is 0 Å². The molecule has 0 fully saturated rings. The van der Waals surface area contributed by atoms with Crippen LogP contribution in [0.2, 0.25) is 0 Å². The van der Waals surface area contributed by atoms with Crippen LogP contribution < -0.4 is 15.5 Å². The maximum Gasteiger partial charge on any atom is 2.00 e. The molecule has 0 aromatic rings. The zero-order chi connectivity index (χ0) is 10.4. The number of hydrogen-bond acceptors (Lipinski definition) is 6. The average molecular weight is 248 g/mol. The predicted molar refractivity (Wildman–Crippen MR) is 34.1 cm³/mol. The van der Waals surface area contributed by atoms with Gasteiger partial charge in [-0.05, 0) is 0 Å². The van der Waals surface area contributed by atoms with Crippen LogP contribution in [0, 0.1) is 0 Å². The van der Waals surface area contributed by atoms with Crippen molar-refractivity contribution in [3.8, 4) is 0 Å². The van der Waals surface area contributed by atoms with Crippen LogP contribution in [0.15, 0.2) is 0 Å². The molecule has 0 aliphatic heterocycles. The number of hydrogen-bond donors (Lipinski definition) is 2. The average Bonchev–Trinajstić information content (AvgIpc) is 1.96. The van der Waals surface area contributed by atoms with Crippen LogP contribution in [0.3, 0.4) is 0 Å². The Kier molecular flexibility index (Phi) is 8.00. The normalized spacial score (nSPS) is 11.1. The standard InChI is InChI=1S/C6H9NO6.Co/c8-4(9)1-3(6(12)13)7-2-5(10)11;/h3,7H,1-2H2,(H,8,9)(H,10,11)(H,12,13);/q;+2/p-2. The van der Waals surface area contributed by atoms with Crippen molar-refractivity contribution in [2.24, 2.45) is 0 Å². The van der Waals surface area contributed by atoms with E-state index in [2.05, 4.69) is 0 Å². The van der Waals surface area contributed by atoms with E-state index < -0.39 is 36.9 Å². The van der Waals surface area contributed by atoms with E-state index in [4.69, 9.17) is 5.11 Å². The maximum absolute atomic E-state index is 10.2. The van der Waals surface area contributed by atoms with Crippen LogP contribution >= 0.6 is 0 Å². The van der Waals surface area contributed by atoms with Gasteiger partial charge in [0.05, 0.1) is 18.6 Å². The Bertz CT molecular complexity index is 230. The molecule has 0 aromatic carbocycles. The molecule has 7 nitrogen and oxygen atoms in total. The Morgan fingerprint density at radius 2 is 1.79 bits per heavy atom. The van der Waals surface area contributed by atoms with Crippen molar-refractivity contribution in [3.05, 3.63) is 0 Å². The quantitative estimate of drug-likeness (QED) is 0.488. The monoisotopic (exact) mass is 248 g/mol. The van der Waals surface area contributed by atoms with Crippen LogP contribution in [0.5, 0.6) is 0 Å². The smallest absolute Gasteiger partial charge is 0.550 e. The Balaban J connectivity index is 0. The van der Waals surface area contributed by atoms with Crippen molar-refractivity contribution in [1.82, 2.24) is 5.32 Å². The predicted octanol–water partition coefficient (Wildman–Crippen LogP) is -4.08. The third-order valence-electron chi connectivity index (χ3n) is 1.15. The van der Waals surface area contributed by atoms with Gasteiger partial charge in [-0.3, -0.25) is 10.1 Å². The van der Waals surface area contributed by atoms with Gasteiger partial charge < -0.3 is 24.9 Å². The molecule has 0 heterocycles. The molecule has 0 aromatic heterocycles. The maximum atomic E-state index is 10.2. The molecule has 0 amide bonds. The Morgan fingerprint density at radius 1 is 1.29 bits per heavy atom. The molecule has 8 heteroatoms. The second-order valence-electron chi connectivity index (χ2n) is 2.22. The molecule has 14 heavy (non-hydrogen) atoms. The number of aliphatic carboxylic acids is 3. The molecule has 0 bridgehead atoms. The van der Waals surface area contributed by atoms with Crippen LogP contribution in [0.1, 0.15) is 6.42 Å². The van der Waals surface area contributed by atoms with Crippen molar-refractivity contribution < 1.29 is 46.5 Å². The summed E-state index contributed by atoms with van der Waals surface area (Å²) in [6.07, 6.45) is -0.824. The topological polar surface area (TPSA) is 130 Å². The molecule has 0 saturated heterocycles. The Hall–Kier alpha value is -1.12. The van der Waals surface area contributed by atoms with Gasteiger partial charge in [0, 0.05) is 12.4 Å². The summed E-state index contributed by atoms with van der Waals surface area (Å²) in [6.45, 7) is -0.647. The molecule has 0 rings (SSSR count). The summed E-state index contributed by atoms with van der Waals surface area (Å²) in [7, 11) is 0. The fraction of sp³-hybridized carbons (Fsp3) is 0.500. The first-order chi connectivity index (χ1) is 5.93. The van der Waals surface area contributed by atoms with Gasteiger partial charge in [-0.2, -0.15) is 0 Å². The van der Waals surface area contributed by atoms with Crippen molar-refractivity contribution >= 4 is 17.9 Å². The van der Waals surface area contributed by atoms with Crippen LogP contribution in [-0.2, 0) is 31.2 Å². The number of carboxylic acids is 3. The van der Waals surface area contributed by atoms with E-state index >= 15 is 0 Å². The van der Waals surface area contributed by atoms with E-state index in [0.29, 0.717) is 0 Å². The first kappa shape index (κ1) is 15.4. The number of rotatable bonds is 6. The SMILES string of the molecule is O=C([O-])CC(NCC(=O)O)C(=O)[O-].[Co+2]. The molecule has 1 unspecified atom stereocenters. The first-order valence-electron chi connectivity index (χ1n) is 3.29. The molecular weight excluding hydrogens is 241 g/mol. The summed E-state index contributed by atoms with van der Waals surface area (Å²) in [4.78, 5) is 30.1. The van der Waals surface area contributed by atoms with E-state index in [1.54, 1.807) is 0 Å². The first-order valence-corrected chi connectivity index (χ1v) is 3.29. The van der Waals surface area contributed by atoms with Crippen molar-refractivity contribution in [2.75, 3.05) is 6.54 Å². The minimum absolute atomic E-state index is 0. The Morgan fingerprint density at radius 3 is 2.07 bits per heavy atom. The zero-order valence-electron chi connectivity index (χ0n) is 6.81. The third kappa shape index (κ3) is 7.52. The summed E-state index contributed by atoms with van der Waals surface area (Å²) in [5.74, 6) is -4.55.